The highest BCUT2D eigenvalue weighted by molar-refractivity contribution is 5.97. The van der Waals surface area contributed by atoms with E-state index in [-0.39, 0.29) is 18.4 Å². The Balaban J connectivity index is 1.85. The molecule has 0 unspecified atom stereocenters. The highest BCUT2D eigenvalue weighted by Gasteiger charge is 2.09. The number of carbonyl (C=O) groups excluding carboxylic acids is 2. The van der Waals surface area contributed by atoms with Gasteiger partial charge in [0.25, 0.3) is 0 Å². The highest BCUT2D eigenvalue weighted by atomic mass is 16.5. The molecular weight excluding hydrogens is 360 g/mol. The van der Waals surface area contributed by atoms with Crippen LogP contribution in [0.3, 0.4) is 0 Å². The molecule has 0 aliphatic rings. The zero-order valence-corrected chi connectivity index (χ0v) is 18.4. The van der Waals surface area contributed by atoms with Crippen LogP contribution in [0.15, 0.2) is 42.5 Å². The summed E-state index contributed by atoms with van der Waals surface area (Å²) in [6, 6.07) is 8.95. The first-order chi connectivity index (χ1) is 14.2. The Hall–Kier alpha value is -1.90. The number of hydrogen-bond donors (Lipinski definition) is 0. The first kappa shape index (κ1) is 25.1. The number of carbonyl (C=O) groups is 2. The van der Waals surface area contributed by atoms with Gasteiger partial charge in [-0.05, 0) is 25.7 Å². The summed E-state index contributed by atoms with van der Waals surface area (Å²) in [5.41, 5.74) is 0.587. The maximum atomic E-state index is 11.9. The highest BCUT2D eigenvalue weighted by Crippen LogP contribution is 2.12. The summed E-state index contributed by atoms with van der Waals surface area (Å²) >= 11 is 0. The fourth-order valence-corrected chi connectivity index (χ4v) is 3.25. The summed E-state index contributed by atoms with van der Waals surface area (Å²) in [7, 11) is 0. The Kier molecular flexibility index (Phi) is 15.7. The van der Waals surface area contributed by atoms with Gasteiger partial charge in [-0.3, -0.25) is 9.59 Å². The van der Waals surface area contributed by atoms with Crippen LogP contribution in [-0.4, -0.2) is 18.4 Å². The molecular formula is C26H40O3. The van der Waals surface area contributed by atoms with Crippen LogP contribution in [0.2, 0.25) is 0 Å². The molecule has 0 spiro atoms. The van der Waals surface area contributed by atoms with Crippen molar-refractivity contribution < 1.29 is 14.3 Å². The Morgan fingerprint density at radius 1 is 0.759 bits per heavy atom. The molecule has 0 aliphatic heterocycles. The lowest BCUT2D eigenvalue weighted by Crippen LogP contribution is -2.13. The van der Waals surface area contributed by atoms with Gasteiger partial charge >= 0.3 is 5.97 Å². The van der Waals surface area contributed by atoms with Gasteiger partial charge in [0.05, 0.1) is 0 Å². The number of esters is 1. The fourth-order valence-electron chi connectivity index (χ4n) is 3.25. The van der Waals surface area contributed by atoms with Gasteiger partial charge in [0.2, 0.25) is 0 Å². The number of ether oxygens (including phenoxy) is 1. The Morgan fingerprint density at radius 2 is 1.31 bits per heavy atom. The van der Waals surface area contributed by atoms with Crippen LogP contribution in [0.4, 0.5) is 0 Å². The molecule has 3 heteroatoms. The van der Waals surface area contributed by atoms with Crippen molar-refractivity contribution in [2.24, 2.45) is 0 Å². The molecule has 1 aromatic rings. The van der Waals surface area contributed by atoms with Gasteiger partial charge in [-0.15, -0.1) is 0 Å². The maximum absolute atomic E-state index is 11.9. The molecule has 3 nitrogen and oxygen atoms in total. The normalized spacial score (nSPS) is 11.1. The second kappa shape index (κ2) is 18.1. The summed E-state index contributed by atoms with van der Waals surface area (Å²) in [5, 5.41) is 0. The first-order valence-electron chi connectivity index (χ1n) is 11.6. The fraction of sp³-hybridized carbons (Fsp3) is 0.615. The van der Waals surface area contributed by atoms with E-state index in [4.69, 9.17) is 4.74 Å². The minimum Gasteiger partial charge on any atom is -0.457 e. The van der Waals surface area contributed by atoms with Crippen molar-refractivity contribution in [3.63, 3.8) is 0 Å². The third-order valence-corrected chi connectivity index (χ3v) is 5.10. The third kappa shape index (κ3) is 14.7. The van der Waals surface area contributed by atoms with Crippen molar-refractivity contribution in [2.45, 2.75) is 96.8 Å². The summed E-state index contributed by atoms with van der Waals surface area (Å²) in [5.74, 6) is -0.413. The third-order valence-electron chi connectivity index (χ3n) is 5.10. The van der Waals surface area contributed by atoms with E-state index >= 15 is 0 Å². The lowest BCUT2D eigenvalue weighted by Gasteiger charge is -2.05. The van der Waals surface area contributed by atoms with Crippen LogP contribution in [0.1, 0.15) is 107 Å². The van der Waals surface area contributed by atoms with E-state index in [1.165, 1.54) is 70.6 Å². The van der Waals surface area contributed by atoms with Crippen molar-refractivity contribution in [2.75, 3.05) is 6.61 Å². The zero-order valence-electron chi connectivity index (χ0n) is 18.4. The zero-order chi connectivity index (χ0) is 21.0. The van der Waals surface area contributed by atoms with Gasteiger partial charge < -0.3 is 4.74 Å². The molecule has 0 bridgehead atoms. The van der Waals surface area contributed by atoms with Crippen molar-refractivity contribution in [3.05, 3.63) is 48.0 Å². The largest absolute Gasteiger partial charge is 0.457 e. The van der Waals surface area contributed by atoms with Crippen molar-refractivity contribution >= 4 is 11.8 Å². The Bertz CT molecular complexity index is 563. The van der Waals surface area contributed by atoms with Gasteiger partial charge in [0, 0.05) is 12.0 Å². The molecule has 0 saturated carbocycles. The minimum atomic E-state index is -0.266. The van der Waals surface area contributed by atoms with Crippen molar-refractivity contribution in [1.82, 2.24) is 0 Å². The van der Waals surface area contributed by atoms with E-state index in [0.717, 1.165) is 12.8 Å². The molecule has 0 radical (unpaired) electrons. The van der Waals surface area contributed by atoms with E-state index in [1.807, 2.05) is 18.2 Å². The van der Waals surface area contributed by atoms with E-state index in [0.29, 0.717) is 12.0 Å². The summed E-state index contributed by atoms with van der Waals surface area (Å²) in [6.07, 6.45) is 21.1. The average molecular weight is 401 g/mol. The number of Topliss-reactive ketones (excluding diaryl/α,β-unsaturated/α-hetero) is 1. The van der Waals surface area contributed by atoms with Gasteiger partial charge in [-0.2, -0.15) is 0 Å². The Morgan fingerprint density at radius 3 is 1.93 bits per heavy atom. The SMILES string of the molecule is CCCC/C=C/CCCCCCCCCCCC(=O)OCC(=O)c1ccccc1. The molecule has 1 rings (SSSR count). The van der Waals surface area contributed by atoms with Crippen LogP contribution in [0.5, 0.6) is 0 Å². The molecule has 0 atom stereocenters. The van der Waals surface area contributed by atoms with Gasteiger partial charge in [0.1, 0.15) is 0 Å². The number of rotatable bonds is 18. The smallest absolute Gasteiger partial charge is 0.306 e. The molecule has 0 amide bonds. The molecule has 0 saturated heterocycles. The Labute approximate surface area is 177 Å². The maximum Gasteiger partial charge on any atom is 0.306 e. The molecule has 1 aromatic carbocycles. The number of unbranched alkanes of at least 4 members (excludes halogenated alkanes) is 11. The summed E-state index contributed by atoms with van der Waals surface area (Å²) in [4.78, 5) is 23.6. The molecule has 0 aromatic heterocycles. The number of hydrogen-bond acceptors (Lipinski definition) is 3. The minimum absolute atomic E-state index is 0.147. The van der Waals surface area contributed by atoms with Crippen LogP contribution in [0.25, 0.3) is 0 Å². The van der Waals surface area contributed by atoms with Crippen LogP contribution in [0, 0.1) is 0 Å². The molecule has 0 heterocycles. The molecule has 162 valence electrons. The predicted octanol–water partition coefficient (Wildman–Crippen LogP) is 7.45. The quantitative estimate of drug-likeness (QED) is 0.111. The second-order valence-corrected chi connectivity index (χ2v) is 7.78. The van der Waals surface area contributed by atoms with E-state index in [1.54, 1.807) is 12.1 Å². The van der Waals surface area contributed by atoms with Crippen molar-refractivity contribution in [1.29, 1.82) is 0 Å². The number of allylic oxidation sites excluding steroid dienone is 2. The average Bonchev–Trinajstić information content (AvgIpc) is 2.75. The van der Waals surface area contributed by atoms with Crippen LogP contribution in [-0.2, 0) is 9.53 Å². The van der Waals surface area contributed by atoms with Crippen LogP contribution >= 0.6 is 0 Å². The summed E-state index contributed by atoms with van der Waals surface area (Å²) in [6.45, 7) is 2.08. The van der Waals surface area contributed by atoms with E-state index < -0.39 is 0 Å². The monoisotopic (exact) mass is 400 g/mol. The molecule has 0 fully saturated rings. The summed E-state index contributed by atoms with van der Waals surface area (Å²) < 4.78 is 5.08. The van der Waals surface area contributed by atoms with E-state index in [9.17, 15) is 9.59 Å². The first-order valence-corrected chi connectivity index (χ1v) is 11.6. The lowest BCUT2D eigenvalue weighted by molar-refractivity contribution is -0.142. The molecule has 0 aliphatic carbocycles. The van der Waals surface area contributed by atoms with Crippen molar-refractivity contribution in [3.8, 4) is 0 Å². The lowest BCUT2D eigenvalue weighted by atomic mass is 10.1. The van der Waals surface area contributed by atoms with Crippen LogP contribution < -0.4 is 0 Å². The van der Waals surface area contributed by atoms with Gasteiger partial charge in [-0.25, -0.2) is 0 Å². The number of ketones is 1. The predicted molar refractivity (Wildman–Crippen MR) is 121 cm³/mol. The number of benzene rings is 1. The second-order valence-electron chi connectivity index (χ2n) is 7.78. The topological polar surface area (TPSA) is 43.4 Å². The molecule has 29 heavy (non-hydrogen) atoms. The molecule has 0 N–H and O–H groups in total. The standard InChI is InChI=1S/C26H40O3/c1-2-3-4-5-6-7-8-9-10-11-12-13-14-15-19-22-26(28)29-23-25(27)24-20-17-16-18-21-24/h5-6,16-18,20-21H,2-4,7-15,19,22-23H2,1H3/b6-5+. The van der Waals surface area contributed by atoms with Gasteiger partial charge in [0.15, 0.2) is 12.4 Å². The van der Waals surface area contributed by atoms with Gasteiger partial charge in [-0.1, -0.05) is 107 Å². The van der Waals surface area contributed by atoms with E-state index in [2.05, 4.69) is 19.1 Å².